The van der Waals surface area contributed by atoms with Gasteiger partial charge in [-0.05, 0) is 69.2 Å². The van der Waals surface area contributed by atoms with E-state index in [0.29, 0.717) is 59.8 Å². The maximum absolute atomic E-state index is 15.3. The summed E-state index contributed by atoms with van der Waals surface area (Å²) < 4.78 is 39.2. The fourth-order valence-corrected chi connectivity index (χ4v) is 8.27. The molecule has 2 aromatic carbocycles. The minimum Gasteiger partial charge on any atom is -0.492 e. The molecule has 2 aromatic heterocycles. The predicted molar refractivity (Wildman–Crippen MR) is 195 cm³/mol. The number of pyridine rings is 2. The Balaban J connectivity index is 0.000000154. The summed E-state index contributed by atoms with van der Waals surface area (Å²) in [6.07, 6.45) is 8.69. The fraction of sp³-hybridized carbons (Fsp3) is 0.474. The number of carboxylic acids is 2. The van der Waals surface area contributed by atoms with Crippen molar-refractivity contribution < 1.29 is 33.3 Å². The summed E-state index contributed by atoms with van der Waals surface area (Å²) in [6.45, 7) is 5.36. The number of aromatic carboxylic acids is 2. The van der Waals surface area contributed by atoms with Gasteiger partial charge in [0.2, 0.25) is 10.9 Å². The molecule has 2 atom stereocenters. The van der Waals surface area contributed by atoms with Gasteiger partial charge in [-0.15, -0.1) is 0 Å². The molecule has 2 saturated carbocycles. The third kappa shape index (κ3) is 6.39. The van der Waals surface area contributed by atoms with Crippen LogP contribution in [-0.4, -0.2) is 90.3 Å². The quantitative estimate of drug-likeness (QED) is 0.218. The number of nitrogens with one attached hydrogen (secondary N) is 2. The van der Waals surface area contributed by atoms with Gasteiger partial charge in [0.25, 0.3) is 0 Å². The molecule has 2 aliphatic carbocycles. The highest BCUT2D eigenvalue weighted by atomic mass is 19.1. The van der Waals surface area contributed by atoms with Gasteiger partial charge in [0.15, 0.2) is 11.6 Å². The zero-order chi connectivity index (χ0) is 37.1. The van der Waals surface area contributed by atoms with Crippen LogP contribution in [-0.2, 0) is 0 Å². The van der Waals surface area contributed by atoms with Crippen LogP contribution in [0.1, 0.15) is 71.3 Å². The van der Waals surface area contributed by atoms with E-state index in [2.05, 4.69) is 10.6 Å². The van der Waals surface area contributed by atoms with Gasteiger partial charge in [-0.1, -0.05) is 0 Å². The molecule has 0 bridgehead atoms. The second-order valence-corrected chi connectivity index (χ2v) is 14.7. The van der Waals surface area contributed by atoms with Gasteiger partial charge in [-0.2, -0.15) is 0 Å². The number of methoxy groups -OCH3 is 1. The van der Waals surface area contributed by atoms with Crippen molar-refractivity contribution in [3.63, 3.8) is 0 Å². The molecule has 5 heterocycles. The number of fused-ring (bicyclic) bond motifs is 3. The number of carbonyl (C=O) groups is 2. The molecule has 53 heavy (non-hydrogen) atoms. The number of nitrogens with zero attached hydrogens (tertiary/aromatic N) is 4. The first-order valence-electron chi connectivity index (χ1n) is 18.3. The minimum atomic E-state index is -1.30. The molecule has 15 heteroatoms. The highest BCUT2D eigenvalue weighted by Gasteiger charge is 2.38. The van der Waals surface area contributed by atoms with E-state index in [-0.39, 0.29) is 34.0 Å². The molecule has 13 nitrogen and oxygen atoms in total. The van der Waals surface area contributed by atoms with Crippen LogP contribution in [0.25, 0.3) is 21.8 Å². The number of hydrogen-bond acceptors (Lipinski definition) is 9. The molecular weight excluding hydrogens is 690 g/mol. The fourth-order valence-electron chi connectivity index (χ4n) is 8.27. The maximum Gasteiger partial charge on any atom is 0.341 e. The zero-order valence-electron chi connectivity index (χ0n) is 29.4. The normalized spacial score (nSPS) is 21.3. The second kappa shape index (κ2) is 13.8. The molecule has 5 fully saturated rings. The summed E-state index contributed by atoms with van der Waals surface area (Å²) in [6, 6.07) is 4.69. The van der Waals surface area contributed by atoms with Crippen molar-refractivity contribution >= 4 is 45.1 Å². The van der Waals surface area contributed by atoms with Gasteiger partial charge in [0, 0.05) is 75.2 Å². The largest absolute Gasteiger partial charge is 0.492 e. The van der Waals surface area contributed by atoms with Crippen LogP contribution in [0.15, 0.2) is 40.2 Å². The van der Waals surface area contributed by atoms with Crippen molar-refractivity contribution in [3.8, 4) is 5.75 Å². The number of piperidine rings is 1. The molecule has 4 N–H and O–H groups in total. The van der Waals surface area contributed by atoms with Crippen LogP contribution in [0.2, 0.25) is 0 Å². The molecule has 4 aromatic rings. The number of anilines is 2. The highest BCUT2D eigenvalue weighted by Crippen LogP contribution is 2.45. The summed E-state index contributed by atoms with van der Waals surface area (Å²) in [5.74, 6) is -2.82. The Hall–Kier alpha value is -5.02. The van der Waals surface area contributed by atoms with Crippen LogP contribution in [0.4, 0.5) is 20.2 Å². The maximum atomic E-state index is 15.3. The van der Waals surface area contributed by atoms with Crippen molar-refractivity contribution in [2.75, 3.05) is 62.7 Å². The standard InChI is InChI=1S/C21H24FN3O4.C17H18FN3O3/c1-29-20-17-13(19(26)14(21(27)28)9-25(17)12-4-5-12)7-15(22)18(20)24-8-11-3-2-6-23-16(11)10-24;18-13-7-11-14(8-15(13)20-5-3-19-4-6-20)21(10-1-2-10)9-12(16(11)22)17(23)24/h7,9,11-12,16,23H,2-6,8,10H2,1H3,(H,27,28);7-10,19H,1-6H2,(H,23,24)/t11-,16+;/m0./s1. The van der Waals surface area contributed by atoms with Gasteiger partial charge in [-0.25, -0.2) is 18.4 Å². The molecule has 5 aliphatic rings. The van der Waals surface area contributed by atoms with Gasteiger partial charge in [-0.3, -0.25) is 9.59 Å². The van der Waals surface area contributed by atoms with Crippen molar-refractivity contribution in [2.45, 2.75) is 56.7 Å². The summed E-state index contributed by atoms with van der Waals surface area (Å²) in [5, 5.41) is 25.6. The molecule has 3 aliphatic heterocycles. The van der Waals surface area contributed by atoms with Gasteiger partial charge >= 0.3 is 11.9 Å². The number of aromatic nitrogens is 2. The average molecular weight is 733 g/mol. The first-order valence-corrected chi connectivity index (χ1v) is 18.3. The summed E-state index contributed by atoms with van der Waals surface area (Å²) in [7, 11) is 1.48. The molecular formula is C38H42F2N6O7. The first kappa shape index (κ1) is 35.0. The van der Waals surface area contributed by atoms with Crippen molar-refractivity contribution in [3.05, 3.63) is 73.8 Å². The first-order chi connectivity index (χ1) is 25.5. The lowest BCUT2D eigenvalue weighted by Crippen LogP contribution is -2.43. The summed E-state index contributed by atoms with van der Waals surface area (Å²) in [5.41, 5.74) is 0.00407. The SMILES string of the molecule is COc1c(N2C[C@@H]3CCCN[C@@H]3C2)c(F)cc2c(=O)c(C(=O)O)cn(C3CC3)c12.O=C(O)c1cn(C2CC2)c2cc(N3CCNCC3)c(F)cc2c1=O. The Kier molecular flexibility index (Phi) is 9.09. The Bertz CT molecular complexity index is 2250. The van der Waals surface area contributed by atoms with Crippen LogP contribution in [0.5, 0.6) is 5.75 Å². The Morgan fingerprint density at radius 1 is 0.792 bits per heavy atom. The van der Waals surface area contributed by atoms with Crippen molar-refractivity contribution in [1.29, 1.82) is 0 Å². The third-order valence-corrected chi connectivity index (χ3v) is 11.2. The monoisotopic (exact) mass is 732 g/mol. The Morgan fingerprint density at radius 3 is 2.04 bits per heavy atom. The molecule has 0 unspecified atom stereocenters. The zero-order valence-corrected chi connectivity index (χ0v) is 29.4. The smallest absolute Gasteiger partial charge is 0.341 e. The predicted octanol–water partition coefficient (Wildman–Crippen LogP) is 3.95. The van der Waals surface area contributed by atoms with Gasteiger partial charge in [0.1, 0.15) is 22.6 Å². The molecule has 280 valence electrons. The van der Waals surface area contributed by atoms with Crippen LogP contribution in [0.3, 0.4) is 0 Å². The van der Waals surface area contributed by atoms with Gasteiger partial charge < -0.3 is 44.5 Å². The Labute approximate surface area is 302 Å². The van der Waals surface area contributed by atoms with Crippen LogP contribution >= 0.6 is 0 Å². The van der Waals surface area contributed by atoms with Crippen LogP contribution < -0.4 is 36.0 Å². The lowest BCUT2D eigenvalue weighted by molar-refractivity contribution is 0.0684. The lowest BCUT2D eigenvalue weighted by atomic mass is 9.94. The third-order valence-electron chi connectivity index (χ3n) is 11.2. The molecule has 3 saturated heterocycles. The Morgan fingerprint density at radius 2 is 1.42 bits per heavy atom. The highest BCUT2D eigenvalue weighted by molar-refractivity contribution is 5.97. The topological polar surface area (TPSA) is 158 Å². The number of benzene rings is 2. The molecule has 0 spiro atoms. The lowest BCUT2D eigenvalue weighted by Gasteiger charge is -2.30. The van der Waals surface area contributed by atoms with Crippen molar-refractivity contribution in [1.82, 2.24) is 19.8 Å². The number of ether oxygens (including phenoxy) is 1. The number of piperazine rings is 1. The van der Waals surface area contributed by atoms with Gasteiger partial charge in [0.05, 0.1) is 29.2 Å². The number of hydrogen-bond donors (Lipinski definition) is 4. The summed E-state index contributed by atoms with van der Waals surface area (Å²) >= 11 is 0. The molecule has 9 rings (SSSR count). The van der Waals surface area contributed by atoms with Crippen LogP contribution in [0, 0.1) is 17.6 Å². The van der Waals surface area contributed by atoms with E-state index in [1.807, 2.05) is 14.4 Å². The van der Waals surface area contributed by atoms with E-state index in [1.165, 1.54) is 31.6 Å². The number of rotatable bonds is 7. The van der Waals surface area contributed by atoms with E-state index in [4.69, 9.17) is 4.74 Å². The number of halogens is 2. The summed E-state index contributed by atoms with van der Waals surface area (Å²) in [4.78, 5) is 52.1. The van der Waals surface area contributed by atoms with E-state index >= 15 is 4.39 Å². The van der Waals surface area contributed by atoms with E-state index < -0.39 is 34.4 Å². The van der Waals surface area contributed by atoms with Crippen molar-refractivity contribution in [2.24, 2.45) is 5.92 Å². The van der Waals surface area contributed by atoms with E-state index in [9.17, 15) is 33.8 Å². The molecule has 0 radical (unpaired) electrons. The van der Waals surface area contributed by atoms with E-state index in [1.54, 1.807) is 10.6 Å². The second-order valence-electron chi connectivity index (χ2n) is 14.7. The number of carboxylic acid groups (broad SMARTS) is 2. The average Bonchev–Trinajstić information content (AvgIpc) is 4.10. The molecule has 0 amide bonds. The minimum absolute atomic E-state index is 0.0599. The van der Waals surface area contributed by atoms with E-state index in [0.717, 1.165) is 64.7 Å².